The summed E-state index contributed by atoms with van der Waals surface area (Å²) in [7, 11) is 0. The van der Waals surface area contributed by atoms with Gasteiger partial charge in [-0.15, -0.1) is 0 Å². The molecule has 138 valence electrons. The maximum atomic E-state index is 10.0. The molecule has 0 amide bonds. The Morgan fingerprint density at radius 1 is 1.04 bits per heavy atom. The maximum Gasteiger partial charge on any atom is 0.192 e. The molecular formula is C20H28O5. The zero-order chi connectivity index (χ0) is 18.5. The molecule has 25 heavy (non-hydrogen) atoms. The van der Waals surface area contributed by atoms with E-state index in [1.165, 1.54) is 13.8 Å². The molecule has 0 heterocycles. The Hall–Kier alpha value is -1.50. The Bertz CT molecular complexity index is 679. The molecule has 2 unspecified atom stereocenters. The Morgan fingerprint density at radius 3 is 2.32 bits per heavy atom. The zero-order valence-electron chi connectivity index (χ0n) is 15.4. The predicted octanol–water partition coefficient (Wildman–Crippen LogP) is 3.22. The fraction of sp³-hybridized carbons (Fsp3) is 0.500. The molecule has 0 aliphatic heterocycles. The highest BCUT2D eigenvalue weighted by Crippen LogP contribution is 2.25. The summed E-state index contributed by atoms with van der Waals surface area (Å²) in [6, 6.07) is 14.2. The SMILES string of the molecule is CCOC(C)(CO)C(OCc1ccc2ccccc2c1)OC(C)(C)O. The van der Waals surface area contributed by atoms with Gasteiger partial charge in [0.25, 0.3) is 0 Å². The van der Waals surface area contributed by atoms with Crippen LogP contribution < -0.4 is 0 Å². The molecule has 0 aliphatic carbocycles. The summed E-state index contributed by atoms with van der Waals surface area (Å²) in [6.07, 6.45) is -0.927. The van der Waals surface area contributed by atoms with Crippen LogP contribution >= 0.6 is 0 Å². The van der Waals surface area contributed by atoms with Crippen molar-refractivity contribution in [2.75, 3.05) is 13.2 Å². The number of aliphatic hydroxyl groups excluding tert-OH is 1. The van der Waals surface area contributed by atoms with Gasteiger partial charge < -0.3 is 24.4 Å². The van der Waals surface area contributed by atoms with Crippen LogP contribution in [0.1, 0.15) is 33.3 Å². The number of ether oxygens (including phenoxy) is 3. The van der Waals surface area contributed by atoms with Crippen molar-refractivity contribution in [3.8, 4) is 0 Å². The Labute approximate surface area is 149 Å². The second kappa shape index (κ2) is 8.25. The summed E-state index contributed by atoms with van der Waals surface area (Å²) < 4.78 is 17.1. The number of fused-ring (bicyclic) bond motifs is 1. The monoisotopic (exact) mass is 348 g/mol. The fourth-order valence-electron chi connectivity index (χ4n) is 2.62. The minimum absolute atomic E-state index is 0.272. The Balaban J connectivity index is 2.17. The smallest absolute Gasteiger partial charge is 0.192 e. The van der Waals surface area contributed by atoms with Crippen molar-refractivity contribution in [2.24, 2.45) is 0 Å². The average molecular weight is 348 g/mol. The lowest BCUT2D eigenvalue weighted by atomic mass is 10.1. The standard InChI is InChI=1S/C20H28O5/c1-5-24-20(4,14-21)18(25-19(2,3)22)23-13-15-10-11-16-8-6-7-9-17(16)12-15/h6-12,18,21-22H,5,13-14H2,1-4H3. The van der Waals surface area contributed by atoms with Gasteiger partial charge in [0.1, 0.15) is 5.60 Å². The number of rotatable bonds is 9. The minimum Gasteiger partial charge on any atom is -0.393 e. The second-order valence-corrected chi connectivity index (χ2v) is 6.79. The Kier molecular flexibility index (Phi) is 6.54. The lowest BCUT2D eigenvalue weighted by Gasteiger charge is -2.38. The van der Waals surface area contributed by atoms with Crippen LogP contribution in [0.3, 0.4) is 0 Å². The van der Waals surface area contributed by atoms with Crippen molar-refractivity contribution < 1.29 is 24.4 Å². The third-order valence-electron chi connectivity index (χ3n) is 3.90. The van der Waals surface area contributed by atoms with Crippen molar-refractivity contribution in [3.63, 3.8) is 0 Å². The van der Waals surface area contributed by atoms with E-state index < -0.39 is 17.7 Å². The normalized spacial score (nSPS) is 15.9. The van der Waals surface area contributed by atoms with Crippen LogP contribution in [-0.2, 0) is 20.8 Å². The molecule has 0 bridgehead atoms. The van der Waals surface area contributed by atoms with Gasteiger partial charge in [-0.1, -0.05) is 36.4 Å². The number of hydrogen-bond donors (Lipinski definition) is 2. The van der Waals surface area contributed by atoms with Gasteiger partial charge in [0.15, 0.2) is 12.1 Å². The van der Waals surface area contributed by atoms with E-state index in [9.17, 15) is 10.2 Å². The minimum atomic E-state index is -1.42. The van der Waals surface area contributed by atoms with Gasteiger partial charge in [-0.3, -0.25) is 0 Å². The highest BCUT2D eigenvalue weighted by Gasteiger charge is 2.39. The zero-order valence-corrected chi connectivity index (χ0v) is 15.4. The van der Waals surface area contributed by atoms with Crippen LogP contribution in [-0.4, -0.2) is 41.1 Å². The third-order valence-corrected chi connectivity index (χ3v) is 3.90. The fourth-order valence-corrected chi connectivity index (χ4v) is 2.62. The lowest BCUT2D eigenvalue weighted by Crippen LogP contribution is -2.51. The molecular weight excluding hydrogens is 320 g/mol. The van der Waals surface area contributed by atoms with Crippen LogP contribution in [0.25, 0.3) is 10.8 Å². The summed E-state index contributed by atoms with van der Waals surface area (Å²) in [4.78, 5) is 0. The van der Waals surface area contributed by atoms with Crippen molar-refractivity contribution in [2.45, 2.75) is 52.0 Å². The summed E-state index contributed by atoms with van der Waals surface area (Å²) in [5.41, 5.74) is -0.106. The lowest BCUT2D eigenvalue weighted by molar-refractivity contribution is -0.333. The quantitative estimate of drug-likeness (QED) is 0.681. The van der Waals surface area contributed by atoms with Gasteiger partial charge in [0.05, 0.1) is 13.2 Å². The first-order valence-corrected chi connectivity index (χ1v) is 8.52. The summed E-state index contributed by atoms with van der Waals surface area (Å²) in [5, 5.41) is 22.1. The molecule has 2 atom stereocenters. The van der Waals surface area contributed by atoms with E-state index in [1.54, 1.807) is 6.92 Å². The first-order chi connectivity index (χ1) is 11.8. The van der Waals surface area contributed by atoms with Gasteiger partial charge in [-0.25, -0.2) is 0 Å². The van der Waals surface area contributed by atoms with Crippen molar-refractivity contribution >= 4 is 10.8 Å². The van der Waals surface area contributed by atoms with Crippen molar-refractivity contribution in [1.29, 1.82) is 0 Å². The van der Waals surface area contributed by atoms with Gasteiger partial charge in [-0.05, 0) is 50.1 Å². The average Bonchev–Trinajstić information content (AvgIpc) is 2.57. The Morgan fingerprint density at radius 2 is 1.72 bits per heavy atom. The third kappa shape index (κ3) is 5.49. The van der Waals surface area contributed by atoms with Gasteiger partial charge in [0, 0.05) is 6.61 Å². The van der Waals surface area contributed by atoms with Crippen LogP contribution in [0.2, 0.25) is 0 Å². The highest BCUT2D eigenvalue weighted by atomic mass is 16.8. The molecule has 0 saturated carbocycles. The largest absolute Gasteiger partial charge is 0.393 e. The number of hydrogen-bond acceptors (Lipinski definition) is 5. The van der Waals surface area contributed by atoms with E-state index >= 15 is 0 Å². The molecule has 2 aromatic carbocycles. The predicted molar refractivity (Wildman–Crippen MR) is 97.0 cm³/mol. The van der Waals surface area contributed by atoms with E-state index in [4.69, 9.17) is 14.2 Å². The molecule has 2 rings (SSSR count). The van der Waals surface area contributed by atoms with Crippen LogP contribution in [0.15, 0.2) is 42.5 Å². The van der Waals surface area contributed by atoms with Crippen molar-refractivity contribution in [3.05, 3.63) is 48.0 Å². The van der Waals surface area contributed by atoms with Gasteiger partial charge >= 0.3 is 0 Å². The first kappa shape index (κ1) is 19.8. The van der Waals surface area contributed by atoms with Gasteiger partial charge in [0.2, 0.25) is 0 Å². The van der Waals surface area contributed by atoms with E-state index in [-0.39, 0.29) is 13.2 Å². The molecule has 0 fully saturated rings. The molecule has 0 aliphatic rings. The molecule has 5 nitrogen and oxygen atoms in total. The van der Waals surface area contributed by atoms with E-state index in [1.807, 2.05) is 43.3 Å². The van der Waals surface area contributed by atoms with E-state index in [2.05, 4.69) is 6.07 Å². The van der Waals surface area contributed by atoms with E-state index in [0.717, 1.165) is 16.3 Å². The topological polar surface area (TPSA) is 68.2 Å². The molecule has 0 saturated heterocycles. The highest BCUT2D eigenvalue weighted by molar-refractivity contribution is 5.82. The van der Waals surface area contributed by atoms with E-state index in [0.29, 0.717) is 6.61 Å². The maximum absolute atomic E-state index is 10.0. The first-order valence-electron chi connectivity index (χ1n) is 8.52. The van der Waals surface area contributed by atoms with Crippen LogP contribution in [0.5, 0.6) is 0 Å². The molecule has 5 heteroatoms. The molecule has 0 radical (unpaired) electrons. The van der Waals surface area contributed by atoms with Crippen LogP contribution in [0.4, 0.5) is 0 Å². The van der Waals surface area contributed by atoms with Crippen molar-refractivity contribution in [1.82, 2.24) is 0 Å². The second-order valence-electron chi connectivity index (χ2n) is 6.79. The molecule has 2 aromatic rings. The molecule has 2 N–H and O–H groups in total. The van der Waals surface area contributed by atoms with Gasteiger partial charge in [-0.2, -0.15) is 0 Å². The summed E-state index contributed by atoms with van der Waals surface area (Å²) in [6.45, 7) is 6.94. The molecule has 0 aromatic heterocycles. The number of benzene rings is 2. The molecule has 0 spiro atoms. The van der Waals surface area contributed by atoms with Crippen LogP contribution in [0, 0.1) is 0 Å². The number of aliphatic hydroxyl groups is 2. The summed E-state index contributed by atoms with van der Waals surface area (Å²) >= 11 is 0. The summed E-state index contributed by atoms with van der Waals surface area (Å²) in [5.74, 6) is -1.42.